The molecular weight excluding hydrogens is 382 g/mol. The van der Waals surface area contributed by atoms with E-state index in [-0.39, 0.29) is 5.97 Å². The Labute approximate surface area is 160 Å². The summed E-state index contributed by atoms with van der Waals surface area (Å²) in [5.74, 6) is -0.365. The SMILES string of the molecule is CCOC(=O)c1cc2c(cc(-c3ccccc3)c3c2ccn3S(C)(=O)=O)s1. The fraction of sp³-hybridized carbons (Fsp3) is 0.150. The monoisotopic (exact) mass is 399 g/mol. The Morgan fingerprint density at radius 3 is 2.52 bits per heavy atom. The maximum atomic E-state index is 12.3. The fourth-order valence-corrected chi connectivity index (χ4v) is 5.06. The zero-order valence-electron chi connectivity index (χ0n) is 14.8. The molecule has 2 aromatic carbocycles. The number of thiophene rings is 1. The lowest BCUT2D eigenvalue weighted by atomic mass is 10.0. The number of hydrogen-bond acceptors (Lipinski definition) is 5. The van der Waals surface area contributed by atoms with Crippen molar-refractivity contribution in [3.05, 3.63) is 59.6 Å². The van der Waals surface area contributed by atoms with E-state index in [4.69, 9.17) is 4.74 Å². The van der Waals surface area contributed by atoms with Gasteiger partial charge in [0.05, 0.1) is 18.4 Å². The van der Waals surface area contributed by atoms with Crippen LogP contribution in [0.25, 0.3) is 32.1 Å². The molecule has 2 heterocycles. The lowest BCUT2D eigenvalue weighted by Gasteiger charge is -2.09. The van der Waals surface area contributed by atoms with E-state index in [1.54, 1.807) is 25.3 Å². The van der Waals surface area contributed by atoms with E-state index in [1.807, 2.05) is 36.4 Å². The summed E-state index contributed by atoms with van der Waals surface area (Å²) in [7, 11) is -3.47. The molecule has 0 unspecified atom stereocenters. The minimum atomic E-state index is -3.47. The summed E-state index contributed by atoms with van der Waals surface area (Å²) in [6.45, 7) is 2.07. The van der Waals surface area contributed by atoms with Crippen LogP contribution in [0.2, 0.25) is 0 Å². The van der Waals surface area contributed by atoms with Gasteiger partial charge in [-0.2, -0.15) is 0 Å². The summed E-state index contributed by atoms with van der Waals surface area (Å²) in [5.41, 5.74) is 2.34. The number of carbonyl (C=O) groups is 1. The molecule has 5 nitrogen and oxygen atoms in total. The zero-order chi connectivity index (χ0) is 19.2. The first kappa shape index (κ1) is 17.8. The first-order chi connectivity index (χ1) is 12.9. The lowest BCUT2D eigenvalue weighted by Crippen LogP contribution is -2.08. The van der Waals surface area contributed by atoms with Crippen molar-refractivity contribution in [1.82, 2.24) is 3.97 Å². The molecule has 0 N–H and O–H groups in total. The van der Waals surface area contributed by atoms with Gasteiger partial charge in [-0.25, -0.2) is 17.2 Å². The number of aromatic nitrogens is 1. The van der Waals surface area contributed by atoms with Gasteiger partial charge in [-0.15, -0.1) is 11.3 Å². The van der Waals surface area contributed by atoms with E-state index < -0.39 is 10.0 Å². The molecule has 4 aromatic rings. The second-order valence-electron chi connectivity index (χ2n) is 6.17. The Bertz CT molecular complexity index is 1270. The van der Waals surface area contributed by atoms with Gasteiger partial charge in [0.15, 0.2) is 0 Å². The standard InChI is InChI=1S/C20H17NO4S2/c1-3-25-20(22)18-12-16-14-9-10-21(27(2,23)24)19(14)15(11-17(16)26-18)13-7-5-4-6-8-13/h4-12H,3H2,1-2H3. The molecule has 27 heavy (non-hydrogen) atoms. The quantitative estimate of drug-likeness (QED) is 0.474. The molecule has 0 atom stereocenters. The number of esters is 1. The van der Waals surface area contributed by atoms with Crippen LogP contribution in [-0.4, -0.2) is 31.2 Å². The Kier molecular flexibility index (Phi) is 4.28. The third kappa shape index (κ3) is 3.02. The summed E-state index contributed by atoms with van der Waals surface area (Å²) in [6, 6.07) is 15.1. The van der Waals surface area contributed by atoms with Crippen molar-refractivity contribution >= 4 is 48.3 Å². The Balaban J connectivity index is 2.10. The van der Waals surface area contributed by atoms with Gasteiger partial charge >= 0.3 is 5.97 Å². The topological polar surface area (TPSA) is 65.4 Å². The summed E-state index contributed by atoms with van der Waals surface area (Å²) >= 11 is 1.35. The molecule has 0 saturated carbocycles. The normalized spacial score (nSPS) is 11.9. The largest absolute Gasteiger partial charge is 0.462 e. The molecule has 4 rings (SSSR count). The molecule has 0 spiro atoms. The second kappa shape index (κ2) is 6.51. The van der Waals surface area contributed by atoms with Gasteiger partial charge in [0.2, 0.25) is 10.0 Å². The molecule has 0 aliphatic heterocycles. The van der Waals surface area contributed by atoms with Crippen molar-refractivity contribution in [2.45, 2.75) is 6.92 Å². The van der Waals surface area contributed by atoms with Crippen LogP contribution >= 0.6 is 11.3 Å². The predicted octanol–water partition coefficient (Wildman–Crippen LogP) is 4.51. The van der Waals surface area contributed by atoms with Gasteiger partial charge in [0, 0.05) is 27.2 Å². The van der Waals surface area contributed by atoms with E-state index in [0.717, 1.165) is 26.6 Å². The van der Waals surface area contributed by atoms with Crippen molar-refractivity contribution in [2.75, 3.05) is 12.9 Å². The van der Waals surface area contributed by atoms with Gasteiger partial charge in [-0.05, 0) is 30.7 Å². The third-order valence-electron chi connectivity index (χ3n) is 4.35. The van der Waals surface area contributed by atoms with Crippen molar-refractivity contribution in [1.29, 1.82) is 0 Å². The fourth-order valence-electron chi connectivity index (χ4n) is 3.23. The number of carbonyl (C=O) groups excluding carboxylic acids is 1. The van der Waals surface area contributed by atoms with Crippen LogP contribution in [0.4, 0.5) is 0 Å². The zero-order valence-corrected chi connectivity index (χ0v) is 16.4. The second-order valence-corrected chi connectivity index (χ2v) is 9.11. The van der Waals surface area contributed by atoms with Gasteiger partial charge in [0.25, 0.3) is 0 Å². The number of nitrogens with zero attached hydrogens (tertiary/aromatic N) is 1. The molecule has 0 aliphatic rings. The molecular formula is C20H17NO4S2. The molecule has 0 saturated heterocycles. The summed E-state index contributed by atoms with van der Waals surface area (Å²) in [4.78, 5) is 12.7. The van der Waals surface area contributed by atoms with Crippen molar-refractivity contribution in [2.24, 2.45) is 0 Å². The number of benzene rings is 2. The van der Waals surface area contributed by atoms with Crippen LogP contribution in [-0.2, 0) is 14.8 Å². The lowest BCUT2D eigenvalue weighted by molar-refractivity contribution is 0.0532. The Morgan fingerprint density at radius 2 is 1.85 bits per heavy atom. The molecule has 0 bridgehead atoms. The Morgan fingerprint density at radius 1 is 1.11 bits per heavy atom. The maximum absolute atomic E-state index is 12.3. The van der Waals surface area contributed by atoms with Crippen LogP contribution < -0.4 is 0 Å². The number of fused-ring (bicyclic) bond motifs is 3. The van der Waals surface area contributed by atoms with Gasteiger partial charge in [0.1, 0.15) is 4.88 Å². The minimum Gasteiger partial charge on any atom is -0.462 e. The van der Waals surface area contributed by atoms with E-state index in [0.29, 0.717) is 17.0 Å². The van der Waals surface area contributed by atoms with E-state index in [1.165, 1.54) is 21.6 Å². The van der Waals surface area contributed by atoms with Crippen LogP contribution in [0.15, 0.2) is 54.7 Å². The van der Waals surface area contributed by atoms with Crippen LogP contribution in [0.5, 0.6) is 0 Å². The van der Waals surface area contributed by atoms with Crippen molar-refractivity contribution < 1.29 is 17.9 Å². The van der Waals surface area contributed by atoms with Crippen LogP contribution in [0, 0.1) is 0 Å². The van der Waals surface area contributed by atoms with Crippen molar-refractivity contribution in [3.63, 3.8) is 0 Å². The van der Waals surface area contributed by atoms with E-state index >= 15 is 0 Å². The predicted molar refractivity (Wildman–Crippen MR) is 109 cm³/mol. The number of ether oxygens (including phenoxy) is 1. The number of rotatable bonds is 4. The highest BCUT2D eigenvalue weighted by Crippen LogP contribution is 2.39. The molecule has 2 aromatic heterocycles. The van der Waals surface area contributed by atoms with Gasteiger partial charge in [-0.1, -0.05) is 30.3 Å². The van der Waals surface area contributed by atoms with Crippen LogP contribution in [0.3, 0.4) is 0 Å². The highest BCUT2D eigenvalue weighted by atomic mass is 32.2. The summed E-state index contributed by atoms with van der Waals surface area (Å²) < 4.78 is 32.0. The Hall–Kier alpha value is -2.64. The molecule has 0 amide bonds. The first-order valence-electron chi connectivity index (χ1n) is 8.41. The highest BCUT2D eigenvalue weighted by Gasteiger charge is 2.20. The van der Waals surface area contributed by atoms with Crippen molar-refractivity contribution in [3.8, 4) is 11.1 Å². The molecule has 7 heteroatoms. The van der Waals surface area contributed by atoms with Gasteiger partial charge < -0.3 is 4.74 Å². The average Bonchev–Trinajstić information content (AvgIpc) is 3.25. The van der Waals surface area contributed by atoms with Gasteiger partial charge in [-0.3, -0.25) is 0 Å². The molecule has 0 fully saturated rings. The minimum absolute atomic E-state index is 0.308. The van der Waals surface area contributed by atoms with E-state index in [9.17, 15) is 13.2 Å². The first-order valence-corrected chi connectivity index (χ1v) is 11.1. The number of hydrogen-bond donors (Lipinski definition) is 0. The van der Waals surface area contributed by atoms with Crippen LogP contribution in [0.1, 0.15) is 16.6 Å². The molecule has 0 radical (unpaired) electrons. The third-order valence-corrected chi connectivity index (χ3v) is 6.43. The highest BCUT2D eigenvalue weighted by molar-refractivity contribution is 7.89. The average molecular weight is 399 g/mol. The smallest absolute Gasteiger partial charge is 0.348 e. The summed E-state index contributed by atoms with van der Waals surface area (Å²) in [6.07, 6.45) is 2.75. The maximum Gasteiger partial charge on any atom is 0.348 e. The summed E-state index contributed by atoms with van der Waals surface area (Å²) in [5, 5.41) is 1.64. The molecule has 138 valence electrons. The van der Waals surface area contributed by atoms with E-state index in [2.05, 4.69) is 0 Å². The molecule has 0 aliphatic carbocycles.